The van der Waals surface area contributed by atoms with Crippen LogP contribution >= 0.6 is 0 Å². The second kappa shape index (κ2) is 7.87. The van der Waals surface area contributed by atoms with Gasteiger partial charge < -0.3 is 24.3 Å². The summed E-state index contributed by atoms with van der Waals surface area (Å²) in [5.74, 6) is 0.733. The molecule has 6 nitrogen and oxygen atoms in total. The molecule has 2 heterocycles. The van der Waals surface area contributed by atoms with Crippen LogP contribution in [0, 0.1) is 5.82 Å². The second-order valence-electron chi connectivity index (χ2n) is 6.75. The molecule has 0 unspecified atom stereocenters. The van der Waals surface area contributed by atoms with E-state index in [1.165, 1.54) is 6.07 Å². The predicted octanol–water partition coefficient (Wildman–Crippen LogP) is 4.28. The Morgan fingerprint density at radius 3 is 2.59 bits per heavy atom. The summed E-state index contributed by atoms with van der Waals surface area (Å²) in [6, 6.07) is 15.0. The van der Waals surface area contributed by atoms with E-state index in [0.717, 1.165) is 11.3 Å². The van der Waals surface area contributed by atoms with Crippen molar-refractivity contribution in [3.8, 4) is 11.5 Å². The molecule has 0 radical (unpaired) electrons. The van der Waals surface area contributed by atoms with Gasteiger partial charge in [-0.2, -0.15) is 0 Å². The van der Waals surface area contributed by atoms with Crippen molar-refractivity contribution in [1.82, 2.24) is 9.47 Å². The monoisotopic (exact) mass is 395 g/mol. The standard InChI is InChI=1S/C22H22FN3O3/c1-28-19-10-9-15(14-20(19)29-2)21-18-8-5-11-25(18)12-13-26(21)22(27)24-17-7-4-3-6-16(17)23/h3-11,14,21H,12-13H2,1-2H3,(H,24,27)/t21-/m0/s1. The maximum absolute atomic E-state index is 14.0. The molecule has 4 rings (SSSR count). The summed E-state index contributed by atoms with van der Waals surface area (Å²) < 4.78 is 26.9. The molecule has 1 aromatic heterocycles. The smallest absolute Gasteiger partial charge is 0.322 e. The molecule has 0 bridgehead atoms. The lowest BCUT2D eigenvalue weighted by Gasteiger charge is -2.37. The van der Waals surface area contributed by atoms with Crippen LogP contribution in [-0.2, 0) is 6.54 Å². The molecule has 2 amide bonds. The van der Waals surface area contributed by atoms with Crippen LogP contribution in [0.3, 0.4) is 0 Å². The molecule has 2 aromatic carbocycles. The average molecular weight is 395 g/mol. The highest BCUT2D eigenvalue weighted by molar-refractivity contribution is 5.90. The minimum Gasteiger partial charge on any atom is -0.493 e. The number of amides is 2. The zero-order valence-electron chi connectivity index (χ0n) is 16.3. The van der Waals surface area contributed by atoms with Gasteiger partial charge in [0.25, 0.3) is 0 Å². The molecule has 0 saturated carbocycles. The fourth-order valence-corrected chi connectivity index (χ4v) is 3.73. The largest absolute Gasteiger partial charge is 0.493 e. The third-order valence-electron chi connectivity index (χ3n) is 5.14. The number of fused-ring (bicyclic) bond motifs is 1. The topological polar surface area (TPSA) is 55.7 Å². The number of hydrogen-bond acceptors (Lipinski definition) is 3. The number of rotatable bonds is 4. The van der Waals surface area contributed by atoms with E-state index >= 15 is 0 Å². The summed E-state index contributed by atoms with van der Waals surface area (Å²) in [5, 5.41) is 2.70. The third-order valence-corrected chi connectivity index (χ3v) is 5.14. The van der Waals surface area contributed by atoms with Crippen LogP contribution in [0.1, 0.15) is 17.3 Å². The fraction of sp³-hybridized carbons (Fsp3) is 0.227. The zero-order valence-corrected chi connectivity index (χ0v) is 16.3. The Morgan fingerprint density at radius 2 is 1.83 bits per heavy atom. The average Bonchev–Trinajstić information content (AvgIpc) is 3.23. The van der Waals surface area contributed by atoms with Crippen molar-refractivity contribution < 1.29 is 18.7 Å². The van der Waals surface area contributed by atoms with E-state index < -0.39 is 5.82 Å². The normalized spacial score (nSPS) is 15.6. The van der Waals surface area contributed by atoms with Gasteiger partial charge in [-0.15, -0.1) is 0 Å². The van der Waals surface area contributed by atoms with Gasteiger partial charge in [0, 0.05) is 25.0 Å². The lowest BCUT2D eigenvalue weighted by atomic mass is 9.99. The zero-order chi connectivity index (χ0) is 20.4. The number of halogens is 1. The highest BCUT2D eigenvalue weighted by atomic mass is 19.1. The molecule has 7 heteroatoms. The van der Waals surface area contributed by atoms with E-state index in [1.54, 1.807) is 37.3 Å². The number of anilines is 1. The van der Waals surface area contributed by atoms with Gasteiger partial charge in [-0.05, 0) is 42.0 Å². The molecule has 1 aliphatic heterocycles. The minimum atomic E-state index is -0.469. The maximum Gasteiger partial charge on any atom is 0.322 e. The SMILES string of the molecule is COc1ccc([C@H]2c3cccn3CCN2C(=O)Nc2ccccc2F)cc1OC. The number of methoxy groups -OCH3 is 2. The van der Waals surface area contributed by atoms with Crippen LogP contribution in [0.2, 0.25) is 0 Å². The number of aromatic nitrogens is 1. The summed E-state index contributed by atoms with van der Waals surface area (Å²) >= 11 is 0. The van der Waals surface area contributed by atoms with Crippen LogP contribution in [0.25, 0.3) is 0 Å². The first kappa shape index (κ1) is 18.9. The molecule has 150 valence electrons. The predicted molar refractivity (Wildman–Crippen MR) is 108 cm³/mol. The molecule has 29 heavy (non-hydrogen) atoms. The molecular weight excluding hydrogens is 373 g/mol. The van der Waals surface area contributed by atoms with Crippen molar-refractivity contribution in [2.75, 3.05) is 26.1 Å². The van der Waals surface area contributed by atoms with Crippen molar-refractivity contribution in [2.24, 2.45) is 0 Å². The number of urea groups is 1. The van der Waals surface area contributed by atoms with Crippen molar-refractivity contribution in [1.29, 1.82) is 0 Å². The number of para-hydroxylation sites is 1. The Balaban J connectivity index is 1.72. The fourth-order valence-electron chi connectivity index (χ4n) is 3.73. The summed E-state index contributed by atoms with van der Waals surface area (Å²) in [5.41, 5.74) is 2.02. The number of benzene rings is 2. The van der Waals surface area contributed by atoms with Crippen LogP contribution in [0.5, 0.6) is 11.5 Å². The second-order valence-corrected chi connectivity index (χ2v) is 6.75. The molecule has 0 aliphatic carbocycles. The summed E-state index contributed by atoms with van der Waals surface area (Å²) in [4.78, 5) is 14.8. The van der Waals surface area contributed by atoms with Crippen molar-refractivity contribution in [3.05, 3.63) is 77.9 Å². The van der Waals surface area contributed by atoms with Gasteiger partial charge in [0.05, 0.1) is 25.9 Å². The van der Waals surface area contributed by atoms with Crippen molar-refractivity contribution in [2.45, 2.75) is 12.6 Å². The van der Waals surface area contributed by atoms with Gasteiger partial charge in [0.15, 0.2) is 11.5 Å². The van der Waals surface area contributed by atoms with Gasteiger partial charge >= 0.3 is 6.03 Å². The molecule has 1 N–H and O–H groups in total. The van der Waals surface area contributed by atoms with Gasteiger partial charge in [-0.25, -0.2) is 9.18 Å². The number of nitrogens with one attached hydrogen (secondary N) is 1. The van der Waals surface area contributed by atoms with Crippen molar-refractivity contribution >= 4 is 11.7 Å². The van der Waals surface area contributed by atoms with Gasteiger partial charge in [-0.3, -0.25) is 0 Å². The van der Waals surface area contributed by atoms with E-state index in [2.05, 4.69) is 9.88 Å². The van der Waals surface area contributed by atoms with Crippen molar-refractivity contribution in [3.63, 3.8) is 0 Å². The van der Waals surface area contributed by atoms with E-state index in [-0.39, 0.29) is 17.8 Å². The van der Waals surface area contributed by atoms with Gasteiger partial charge in [0.2, 0.25) is 0 Å². The molecule has 1 atom stereocenters. The lowest BCUT2D eigenvalue weighted by molar-refractivity contribution is 0.181. The first-order valence-electron chi connectivity index (χ1n) is 9.31. The van der Waals surface area contributed by atoms with E-state index in [4.69, 9.17) is 9.47 Å². The Hall–Kier alpha value is -3.48. The van der Waals surface area contributed by atoms with Crippen LogP contribution in [-0.4, -0.2) is 36.3 Å². The Kier molecular flexibility index (Phi) is 5.12. The first-order valence-corrected chi connectivity index (χ1v) is 9.31. The highest BCUT2D eigenvalue weighted by Crippen LogP contribution is 2.37. The molecule has 0 spiro atoms. The summed E-state index contributed by atoms with van der Waals surface area (Å²) in [6.07, 6.45) is 2.00. The van der Waals surface area contributed by atoms with E-state index in [1.807, 2.05) is 36.5 Å². The number of carbonyl (C=O) groups is 1. The van der Waals surface area contributed by atoms with Crippen LogP contribution in [0.4, 0.5) is 14.9 Å². The van der Waals surface area contributed by atoms with E-state index in [9.17, 15) is 9.18 Å². The molecule has 0 fully saturated rings. The molecule has 3 aromatic rings. The minimum absolute atomic E-state index is 0.157. The van der Waals surface area contributed by atoms with E-state index in [0.29, 0.717) is 24.6 Å². The number of hydrogen-bond donors (Lipinski definition) is 1. The number of nitrogens with zero attached hydrogens (tertiary/aromatic N) is 2. The van der Waals surface area contributed by atoms with Crippen LogP contribution < -0.4 is 14.8 Å². The summed E-state index contributed by atoms with van der Waals surface area (Å²) in [6.45, 7) is 1.15. The lowest BCUT2D eigenvalue weighted by Crippen LogP contribution is -2.44. The van der Waals surface area contributed by atoms with Gasteiger partial charge in [0.1, 0.15) is 5.82 Å². The molecule has 1 aliphatic rings. The first-order chi connectivity index (χ1) is 14.1. The Bertz CT molecular complexity index is 1030. The Labute approximate surface area is 168 Å². The Morgan fingerprint density at radius 1 is 1.03 bits per heavy atom. The third kappa shape index (κ3) is 3.51. The van der Waals surface area contributed by atoms with Gasteiger partial charge in [-0.1, -0.05) is 18.2 Å². The number of ether oxygens (including phenoxy) is 2. The molecular formula is C22H22FN3O3. The maximum atomic E-state index is 14.0. The summed E-state index contributed by atoms with van der Waals surface area (Å²) in [7, 11) is 3.16. The highest BCUT2D eigenvalue weighted by Gasteiger charge is 2.33. The quantitative estimate of drug-likeness (QED) is 0.717. The van der Waals surface area contributed by atoms with Crippen LogP contribution in [0.15, 0.2) is 60.8 Å². The molecule has 0 saturated heterocycles. The number of carbonyl (C=O) groups excluding carboxylic acids is 1.